The van der Waals surface area contributed by atoms with Crippen LogP contribution in [0.1, 0.15) is 5.56 Å². The zero-order chi connectivity index (χ0) is 12.1. The summed E-state index contributed by atoms with van der Waals surface area (Å²) in [7, 11) is 3.60. The van der Waals surface area contributed by atoms with Gasteiger partial charge >= 0.3 is 0 Å². The minimum Gasteiger partial charge on any atom is -0.362 e. The van der Waals surface area contributed by atoms with Crippen LogP contribution >= 0.6 is 23.2 Å². The van der Waals surface area contributed by atoms with Crippen molar-refractivity contribution in [3.63, 3.8) is 0 Å². The van der Waals surface area contributed by atoms with Crippen molar-refractivity contribution in [1.29, 1.82) is 0 Å². The predicted octanol–water partition coefficient (Wildman–Crippen LogP) is 2.33. The molecule has 1 aromatic rings. The Morgan fingerprint density at radius 1 is 1.25 bits per heavy atom. The summed E-state index contributed by atoms with van der Waals surface area (Å²) in [5.41, 5.74) is 0.842. The highest BCUT2D eigenvalue weighted by Crippen LogP contribution is 2.08. The van der Waals surface area contributed by atoms with Crippen molar-refractivity contribution < 1.29 is 4.79 Å². The number of rotatable bonds is 2. The van der Waals surface area contributed by atoms with Crippen LogP contribution in [0, 0.1) is 0 Å². The van der Waals surface area contributed by atoms with Gasteiger partial charge in [0.25, 0.3) is 5.91 Å². The van der Waals surface area contributed by atoms with E-state index in [1.54, 1.807) is 19.0 Å². The Kier molecular flexibility index (Phi) is 4.77. The third-order valence-electron chi connectivity index (χ3n) is 1.86. The van der Waals surface area contributed by atoms with Gasteiger partial charge in [0.05, 0.1) is 0 Å². The predicted molar refractivity (Wildman–Crippen MR) is 67.2 cm³/mol. The van der Waals surface area contributed by atoms with Gasteiger partial charge in [-0.15, -0.1) is 0 Å². The molecule has 0 heterocycles. The first-order chi connectivity index (χ1) is 7.52. The van der Waals surface area contributed by atoms with Gasteiger partial charge in [0.15, 0.2) is 4.84 Å². The molecule has 0 aliphatic carbocycles. The van der Waals surface area contributed by atoms with E-state index in [9.17, 15) is 4.79 Å². The zero-order valence-electron chi connectivity index (χ0n) is 9.02. The van der Waals surface area contributed by atoms with Gasteiger partial charge in [-0.1, -0.05) is 53.5 Å². The number of hydrogen-bond acceptors (Lipinski definition) is 1. The van der Waals surface area contributed by atoms with Gasteiger partial charge in [-0.3, -0.25) is 4.79 Å². The first-order valence-electron chi connectivity index (χ1n) is 4.66. The van der Waals surface area contributed by atoms with Gasteiger partial charge < -0.3 is 4.90 Å². The third-order valence-corrected chi connectivity index (χ3v) is 2.23. The van der Waals surface area contributed by atoms with E-state index in [4.69, 9.17) is 23.2 Å². The number of amidine groups is 1. The SMILES string of the molecule is CN(C)C(=NC(=O)C(Cl)Cl)c1ccccc1. The second-order valence-electron chi connectivity index (χ2n) is 3.33. The van der Waals surface area contributed by atoms with Crippen molar-refractivity contribution in [1.82, 2.24) is 4.90 Å². The molecule has 0 saturated heterocycles. The molecule has 0 aliphatic heterocycles. The van der Waals surface area contributed by atoms with Gasteiger partial charge in [0.1, 0.15) is 5.84 Å². The molecule has 1 rings (SSSR count). The van der Waals surface area contributed by atoms with E-state index in [0.29, 0.717) is 5.84 Å². The fraction of sp³-hybridized carbons (Fsp3) is 0.273. The lowest BCUT2D eigenvalue weighted by Gasteiger charge is -2.15. The smallest absolute Gasteiger partial charge is 0.280 e. The lowest BCUT2D eigenvalue weighted by Crippen LogP contribution is -2.25. The summed E-state index contributed by atoms with van der Waals surface area (Å²) in [5, 5.41) is 0. The molecule has 86 valence electrons. The highest BCUT2D eigenvalue weighted by Gasteiger charge is 2.13. The minimum absolute atomic E-state index is 0.539. The lowest BCUT2D eigenvalue weighted by molar-refractivity contribution is -0.116. The number of aliphatic imine (C=N–C) groups is 1. The fourth-order valence-electron chi connectivity index (χ4n) is 1.16. The monoisotopic (exact) mass is 258 g/mol. The van der Waals surface area contributed by atoms with E-state index in [1.807, 2.05) is 30.3 Å². The molecule has 1 amide bonds. The second-order valence-corrected chi connectivity index (χ2v) is 4.43. The van der Waals surface area contributed by atoms with Crippen LogP contribution in [0.4, 0.5) is 0 Å². The summed E-state index contributed by atoms with van der Waals surface area (Å²) in [6.07, 6.45) is 0. The molecule has 0 bridgehead atoms. The molecule has 16 heavy (non-hydrogen) atoms. The van der Waals surface area contributed by atoms with Crippen molar-refractivity contribution in [3.8, 4) is 0 Å². The number of carbonyl (C=O) groups is 1. The van der Waals surface area contributed by atoms with Crippen LogP contribution in [-0.4, -0.2) is 35.6 Å². The van der Waals surface area contributed by atoms with E-state index in [1.165, 1.54) is 0 Å². The Labute approximate surface area is 105 Å². The first-order valence-corrected chi connectivity index (χ1v) is 5.53. The molecule has 0 fully saturated rings. The Hall–Kier alpha value is -1.06. The third kappa shape index (κ3) is 3.51. The quantitative estimate of drug-likeness (QED) is 0.464. The van der Waals surface area contributed by atoms with E-state index < -0.39 is 10.7 Å². The summed E-state index contributed by atoms with van der Waals surface area (Å²) in [6.45, 7) is 0. The molecule has 1 aromatic carbocycles. The molecule has 0 N–H and O–H groups in total. The number of nitrogens with zero attached hydrogens (tertiary/aromatic N) is 2. The minimum atomic E-state index is -1.13. The first kappa shape index (κ1) is 13.0. The van der Waals surface area contributed by atoms with Crippen LogP contribution in [0.15, 0.2) is 35.3 Å². The van der Waals surface area contributed by atoms with Crippen molar-refractivity contribution in [2.75, 3.05) is 14.1 Å². The van der Waals surface area contributed by atoms with Crippen molar-refractivity contribution >= 4 is 34.9 Å². The fourth-order valence-corrected chi connectivity index (χ4v) is 1.26. The Bertz CT molecular complexity index is 388. The molecule has 5 heteroatoms. The molecule has 0 unspecified atom stereocenters. The maximum absolute atomic E-state index is 11.4. The van der Waals surface area contributed by atoms with Crippen LogP contribution in [0.25, 0.3) is 0 Å². The molecular formula is C11H12Cl2N2O. The summed E-state index contributed by atoms with van der Waals surface area (Å²) in [4.78, 5) is 15.9. The molecule has 0 spiro atoms. The number of amides is 1. The standard InChI is InChI=1S/C11H12Cl2N2O/c1-15(2)10(14-11(16)9(12)13)8-6-4-3-5-7-8/h3-7,9H,1-2H3. The lowest BCUT2D eigenvalue weighted by atomic mass is 10.2. The van der Waals surface area contributed by atoms with Gasteiger partial charge in [-0.2, -0.15) is 4.99 Å². The van der Waals surface area contributed by atoms with E-state index in [0.717, 1.165) is 5.56 Å². The molecule has 0 saturated carbocycles. The molecule has 3 nitrogen and oxygen atoms in total. The zero-order valence-corrected chi connectivity index (χ0v) is 10.5. The van der Waals surface area contributed by atoms with E-state index in [-0.39, 0.29) is 0 Å². The van der Waals surface area contributed by atoms with Gasteiger partial charge in [-0.05, 0) is 0 Å². The van der Waals surface area contributed by atoms with Crippen LogP contribution in [0.5, 0.6) is 0 Å². The van der Waals surface area contributed by atoms with E-state index in [2.05, 4.69) is 4.99 Å². The normalized spacial score (nSPS) is 11.7. The Morgan fingerprint density at radius 2 is 1.81 bits per heavy atom. The number of benzene rings is 1. The van der Waals surface area contributed by atoms with Crippen molar-refractivity contribution in [2.45, 2.75) is 4.84 Å². The Morgan fingerprint density at radius 3 is 2.25 bits per heavy atom. The van der Waals surface area contributed by atoms with Gasteiger partial charge in [0.2, 0.25) is 0 Å². The number of halogens is 2. The molecule has 0 atom stereocenters. The maximum Gasteiger partial charge on any atom is 0.280 e. The topological polar surface area (TPSA) is 32.7 Å². The number of carbonyl (C=O) groups excluding carboxylic acids is 1. The molecule has 0 aromatic heterocycles. The van der Waals surface area contributed by atoms with Gasteiger partial charge in [-0.25, -0.2) is 0 Å². The van der Waals surface area contributed by atoms with Crippen molar-refractivity contribution in [2.24, 2.45) is 4.99 Å². The average Bonchev–Trinajstić information content (AvgIpc) is 2.26. The molecule has 0 aliphatic rings. The highest BCUT2D eigenvalue weighted by atomic mass is 35.5. The number of hydrogen-bond donors (Lipinski definition) is 0. The molecule has 0 radical (unpaired) electrons. The summed E-state index contributed by atoms with van der Waals surface area (Å²) in [6, 6.07) is 9.37. The van der Waals surface area contributed by atoms with E-state index >= 15 is 0 Å². The summed E-state index contributed by atoms with van der Waals surface area (Å²) in [5.74, 6) is -0.0206. The Balaban J connectivity index is 3.06. The van der Waals surface area contributed by atoms with Crippen molar-refractivity contribution in [3.05, 3.63) is 35.9 Å². The summed E-state index contributed by atoms with van der Waals surface area (Å²) < 4.78 is 0. The van der Waals surface area contributed by atoms with Crippen LogP contribution in [0.3, 0.4) is 0 Å². The highest BCUT2D eigenvalue weighted by molar-refractivity contribution is 6.53. The van der Waals surface area contributed by atoms with Crippen LogP contribution in [-0.2, 0) is 4.79 Å². The van der Waals surface area contributed by atoms with Crippen LogP contribution < -0.4 is 0 Å². The average molecular weight is 259 g/mol. The molecular weight excluding hydrogens is 247 g/mol. The second kappa shape index (κ2) is 5.87. The summed E-state index contributed by atoms with van der Waals surface area (Å²) >= 11 is 10.9. The van der Waals surface area contributed by atoms with Crippen LogP contribution in [0.2, 0.25) is 0 Å². The maximum atomic E-state index is 11.4. The van der Waals surface area contributed by atoms with Gasteiger partial charge in [0, 0.05) is 19.7 Å². The largest absolute Gasteiger partial charge is 0.362 e. The number of alkyl halides is 2.